The molecule has 142 valence electrons. The SMILES string of the molecule is C/C(=N/NC(=O)c1cccs1)c1ccc(NC(=O)c2ccc(Cl)cc2Cl)cc1. The molecule has 0 aliphatic carbocycles. The third-order valence-corrected chi connectivity index (χ3v) is 5.22. The molecule has 28 heavy (non-hydrogen) atoms. The molecule has 0 atom stereocenters. The third kappa shape index (κ3) is 4.98. The number of thiophene rings is 1. The molecule has 0 aliphatic heterocycles. The van der Waals surface area contributed by atoms with Crippen LogP contribution in [0.5, 0.6) is 0 Å². The van der Waals surface area contributed by atoms with Crippen LogP contribution in [0.25, 0.3) is 0 Å². The lowest BCUT2D eigenvalue weighted by Crippen LogP contribution is -2.18. The Morgan fingerprint density at radius 2 is 1.75 bits per heavy atom. The Bertz CT molecular complexity index is 1030. The molecule has 0 radical (unpaired) electrons. The van der Waals surface area contributed by atoms with Crippen LogP contribution in [0.2, 0.25) is 10.0 Å². The number of nitrogens with one attached hydrogen (secondary N) is 2. The van der Waals surface area contributed by atoms with E-state index in [9.17, 15) is 9.59 Å². The molecule has 0 saturated heterocycles. The molecule has 0 aliphatic rings. The fourth-order valence-electron chi connectivity index (χ4n) is 2.33. The molecule has 2 aromatic carbocycles. The molecule has 0 unspecified atom stereocenters. The van der Waals surface area contributed by atoms with Crippen molar-refractivity contribution in [3.05, 3.63) is 86.0 Å². The zero-order valence-electron chi connectivity index (χ0n) is 14.7. The summed E-state index contributed by atoms with van der Waals surface area (Å²) >= 11 is 13.3. The number of carbonyl (C=O) groups is 2. The standard InChI is InChI=1S/C20H15Cl2N3O2S/c1-12(24-25-20(27)18-3-2-10-28-18)13-4-7-15(8-5-13)23-19(26)16-9-6-14(21)11-17(16)22/h2-11H,1H3,(H,23,26)(H,25,27)/b24-12-. The molecule has 0 spiro atoms. The van der Waals surface area contributed by atoms with E-state index < -0.39 is 0 Å². The van der Waals surface area contributed by atoms with Crippen LogP contribution in [0, 0.1) is 0 Å². The quantitative estimate of drug-likeness (QED) is 0.415. The van der Waals surface area contributed by atoms with Gasteiger partial charge < -0.3 is 5.32 Å². The van der Waals surface area contributed by atoms with Crippen molar-refractivity contribution >= 4 is 57.8 Å². The number of hydrogen-bond donors (Lipinski definition) is 2. The molecular formula is C20H15Cl2N3O2S. The number of benzene rings is 2. The van der Waals surface area contributed by atoms with Crippen LogP contribution < -0.4 is 10.7 Å². The van der Waals surface area contributed by atoms with Gasteiger partial charge in [0.25, 0.3) is 11.8 Å². The normalized spacial score (nSPS) is 11.2. The summed E-state index contributed by atoms with van der Waals surface area (Å²) in [6, 6.07) is 15.3. The molecule has 1 heterocycles. The molecule has 2 amide bonds. The minimum atomic E-state index is -0.331. The van der Waals surface area contributed by atoms with E-state index in [2.05, 4.69) is 15.8 Å². The van der Waals surface area contributed by atoms with Crippen molar-refractivity contribution in [3.8, 4) is 0 Å². The molecular weight excluding hydrogens is 417 g/mol. The van der Waals surface area contributed by atoms with E-state index in [1.54, 1.807) is 55.5 Å². The van der Waals surface area contributed by atoms with Crippen molar-refractivity contribution < 1.29 is 9.59 Å². The summed E-state index contributed by atoms with van der Waals surface area (Å²) in [6.07, 6.45) is 0. The van der Waals surface area contributed by atoms with Gasteiger partial charge in [0.1, 0.15) is 0 Å². The van der Waals surface area contributed by atoms with E-state index in [4.69, 9.17) is 23.2 Å². The van der Waals surface area contributed by atoms with Crippen LogP contribution >= 0.6 is 34.5 Å². The number of rotatable bonds is 5. The summed E-state index contributed by atoms with van der Waals surface area (Å²) in [5.74, 6) is -0.582. The van der Waals surface area contributed by atoms with E-state index >= 15 is 0 Å². The number of hydrazone groups is 1. The number of anilines is 1. The zero-order valence-corrected chi connectivity index (χ0v) is 17.0. The van der Waals surface area contributed by atoms with Crippen LogP contribution in [0.15, 0.2) is 65.1 Å². The monoisotopic (exact) mass is 431 g/mol. The molecule has 2 N–H and O–H groups in total. The highest BCUT2D eigenvalue weighted by Gasteiger charge is 2.11. The minimum absolute atomic E-state index is 0.252. The van der Waals surface area contributed by atoms with Crippen LogP contribution in [-0.2, 0) is 0 Å². The van der Waals surface area contributed by atoms with Gasteiger partial charge in [0.15, 0.2) is 0 Å². The largest absolute Gasteiger partial charge is 0.322 e. The lowest BCUT2D eigenvalue weighted by molar-refractivity contribution is 0.0958. The van der Waals surface area contributed by atoms with Crippen LogP contribution in [0.3, 0.4) is 0 Å². The first-order valence-corrected chi connectivity index (χ1v) is 9.82. The minimum Gasteiger partial charge on any atom is -0.322 e. The number of amides is 2. The Morgan fingerprint density at radius 3 is 2.39 bits per heavy atom. The highest BCUT2D eigenvalue weighted by atomic mass is 35.5. The number of halogens is 2. The van der Waals surface area contributed by atoms with Crippen molar-refractivity contribution in [1.82, 2.24) is 5.43 Å². The molecule has 0 fully saturated rings. The highest BCUT2D eigenvalue weighted by molar-refractivity contribution is 7.12. The fraction of sp³-hybridized carbons (Fsp3) is 0.0500. The van der Waals surface area contributed by atoms with Crippen molar-refractivity contribution in [3.63, 3.8) is 0 Å². The van der Waals surface area contributed by atoms with Gasteiger partial charge in [-0.25, -0.2) is 5.43 Å². The summed E-state index contributed by atoms with van der Waals surface area (Å²) in [4.78, 5) is 24.9. The Morgan fingerprint density at radius 1 is 1.00 bits per heavy atom. The Hall–Kier alpha value is -2.67. The van der Waals surface area contributed by atoms with Gasteiger partial charge in [0.2, 0.25) is 0 Å². The molecule has 3 rings (SSSR count). The van der Waals surface area contributed by atoms with Gasteiger partial charge in [0, 0.05) is 10.7 Å². The Balaban J connectivity index is 1.64. The summed E-state index contributed by atoms with van der Waals surface area (Å²) in [6.45, 7) is 1.79. The maximum atomic E-state index is 12.3. The predicted octanol–water partition coefficient (Wildman–Crippen LogP) is 5.46. The summed E-state index contributed by atoms with van der Waals surface area (Å²) in [7, 11) is 0. The summed E-state index contributed by atoms with van der Waals surface area (Å²) in [5, 5.41) is 9.47. The lowest BCUT2D eigenvalue weighted by atomic mass is 10.1. The maximum absolute atomic E-state index is 12.3. The van der Waals surface area contributed by atoms with Gasteiger partial charge >= 0.3 is 0 Å². The van der Waals surface area contributed by atoms with Crippen molar-refractivity contribution in [2.75, 3.05) is 5.32 Å². The summed E-state index contributed by atoms with van der Waals surface area (Å²) in [5.41, 5.74) is 4.93. The van der Waals surface area contributed by atoms with Gasteiger partial charge in [-0.1, -0.05) is 41.4 Å². The van der Waals surface area contributed by atoms with Gasteiger partial charge in [-0.3, -0.25) is 9.59 Å². The molecule has 5 nitrogen and oxygen atoms in total. The average Bonchev–Trinajstić information content (AvgIpc) is 3.21. The van der Waals surface area contributed by atoms with E-state index in [0.717, 1.165) is 5.56 Å². The second kappa shape index (κ2) is 9.01. The molecule has 1 aromatic heterocycles. The predicted molar refractivity (Wildman–Crippen MR) is 115 cm³/mol. The number of carbonyl (C=O) groups excluding carboxylic acids is 2. The first kappa shape index (κ1) is 20.1. The van der Waals surface area contributed by atoms with Crippen LogP contribution in [0.4, 0.5) is 5.69 Å². The molecule has 0 saturated carbocycles. The third-order valence-electron chi connectivity index (χ3n) is 3.81. The van der Waals surface area contributed by atoms with Crippen LogP contribution in [-0.4, -0.2) is 17.5 Å². The number of hydrogen-bond acceptors (Lipinski definition) is 4. The van der Waals surface area contributed by atoms with Crippen molar-refractivity contribution in [2.45, 2.75) is 6.92 Å². The molecule has 0 bridgehead atoms. The lowest BCUT2D eigenvalue weighted by Gasteiger charge is -2.08. The van der Waals surface area contributed by atoms with E-state index in [0.29, 0.717) is 26.9 Å². The molecule has 3 aromatic rings. The van der Waals surface area contributed by atoms with Crippen molar-refractivity contribution in [1.29, 1.82) is 0 Å². The average molecular weight is 432 g/mol. The van der Waals surface area contributed by atoms with E-state index in [1.807, 2.05) is 5.38 Å². The van der Waals surface area contributed by atoms with Crippen LogP contribution in [0.1, 0.15) is 32.5 Å². The Labute approximate surface area is 176 Å². The summed E-state index contributed by atoms with van der Waals surface area (Å²) < 4.78 is 0. The van der Waals surface area contributed by atoms with Gasteiger partial charge in [-0.15, -0.1) is 11.3 Å². The van der Waals surface area contributed by atoms with E-state index in [1.165, 1.54) is 17.4 Å². The smallest absolute Gasteiger partial charge is 0.281 e. The first-order chi connectivity index (χ1) is 13.4. The second-order valence-electron chi connectivity index (χ2n) is 5.77. The number of nitrogens with zero attached hydrogens (tertiary/aromatic N) is 1. The Kier molecular flexibility index (Phi) is 6.46. The van der Waals surface area contributed by atoms with Crippen molar-refractivity contribution in [2.24, 2.45) is 5.10 Å². The van der Waals surface area contributed by atoms with E-state index in [-0.39, 0.29) is 16.8 Å². The first-order valence-electron chi connectivity index (χ1n) is 8.19. The van der Waals surface area contributed by atoms with Gasteiger partial charge in [0.05, 0.1) is 21.2 Å². The molecule has 8 heteroatoms. The second-order valence-corrected chi connectivity index (χ2v) is 7.56. The topological polar surface area (TPSA) is 70.6 Å². The van der Waals surface area contributed by atoms with Gasteiger partial charge in [-0.2, -0.15) is 5.10 Å². The fourth-order valence-corrected chi connectivity index (χ4v) is 3.44. The maximum Gasteiger partial charge on any atom is 0.281 e. The zero-order chi connectivity index (χ0) is 20.1. The highest BCUT2D eigenvalue weighted by Crippen LogP contribution is 2.22. The van der Waals surface area contributed by atoms with Gasteiger partial charge in [-0.05, 0) is 54.3 Å².